The summed E-state index contributed by atoms with van der Waals surface area (Å²) in [4.78, 5) is 0. The van der Waals surface area contributed by atoms with Crippen LogP contribution >= 0.6 is 0 Å². The Morgan fingerprint density at radius 1 is 1.15 bits per heavy atom. The predicted octanol–water partition coefficient (Wildman–Crippen LogP) is 2.65. The Balaban J connectivity index is 2.90. The SMILES string of the molecule is [B]C(c1ccc(O)cc1)C(C)(C)C. The van der Waals surface area contributed by atoms with Crippen molar-refractivity contribution < 1.29 is 5.11 Å². The van der Waals surface area contributed by atoms with E-state index in [2.05, 4.69) is 20.8 Å². The monoisotopic (exact) mass is 174 g/mol. The quantitative estimate of drug-likeness (QED) is 0.648. The van der Waals surface area contributed by atoms with Crippen LogP contribution in [0, 0.1) is 5.41 Å². The maximum atomic E-state index is 9.10. The van der Waals surface area contributed by atoms with Crippen LogP contribution in [0.2, 0.25) is 0 Å². The topological polar surface area (TPSA) is 20.2 Å². The van der Waals surface area contributed by atoms with Gasteiger partial charge in [-0.15, -0.1) is 0 Å². The summed E-state index contributed by atoms with van der Waals surface area (Å²) in [5.41, 5.74) is 1.11. The summed E-state index contributed by atoms with van der Waals surface area (Å²) in [5, 5.41) is 9.10. The lowest BCUT2D eigenvalue weighted by molar-refractivity contribution is 0.394. The molecule has 0 aliphatic heterocycles. The molecule has 1 N–H and O–H groups in total. The molecule has 13 heavy (non-hydrogen) atoms. The third-order valence-corrected chi connectivity index (χ3v) is 2.19. The number of phenols is 1. The molecule has 0 saturated heterocycles. The molecular formula is C11H15BO. The highest BCUT2D eigenvalue weighted by Crippen LogP contribution is 2.32. The summed E-state index contributed by atoms with van der Waals surface area (Å²) < 4.78 is 0. The van der Waals surface area contributed by atoms with Crippen molar-refractivity contribution in [1.29, 1.82) is 0 Å². The van der Waals surface area contributed by atoms with E-state index in [0.717, 1.165) is 5.56 Å². The molecule has 1 unspecified atom stereocenters. The van der Waals surface area contributed by atoms with E-state index < -0.39 is 0 Å². The smallest absolute Gasteiger partial charge is 0.115 e. The fraction of sp³-hybridized carbons (Fsp3) is 0.455. The van der Waals surface area contributed by atoms with Crippen molar-refractivity contribution >= 4 is 7.85 Å². The third-order valence-electron chi connectivity index (χ3n) is 2.19. The highest BCUT2D eigenvalue weighted by Gasteiger charge is 2.20. The molecule has 1 atom stereocenters. The second-order valence-corrected chi connectivity index (χ2v) is 4.44. The van der Waals surface area contributed by atoms with E-state index in [0.29, 0.717) is 0 Å². The molecule has 0 heterocycles. The first kappa shape index (κ1) is 10.2. The maximum Gasteiger partial charge on any atom is 0.115 e. The Labute approximate surface area is 81.2 Å². The number of hydrogen-bond acceptors (Lipinski definition) is 1. The van der Waals surface area contributed by atoms with E-state index in [4.69, 9.17) is 13.0 Å². The fourth-order valence-corrected chi connectivity index (χ4v) is 1.18. The number of aromatic hydroxyl groups is 1. The van der Waals surface area contributed by atoms with Crippen LogP contribution in [-0.4, -0.2) is 13.0 Å². The lowest BCUT2D eigenvalue weighted by Crippen LogP contribution is -2.18. The summed E-state index contributed by atoms with van der Waals surface area (Å²) in [7, 11) is 6.04. The minimum atomic E-state index is 0.00750. The zero-order valence-corrected chi connectivity index (χ0v) is 8.41. The molecule has 1 rings (SSSR count). The normalized spacial score (nSPS) is 14.1. The largest absolute Gasteiger partial charge is 0.508 e. The Hall–Kier alpha value is -0.915. The molecule has 1 aromatic rings. The maximum absolute atomic E-state index is 9.10. The summed E-state index contributed by atoms with van der Waals surface area (Å²) in [5.74, 6) is 0.290. The van der Waals surface area contributed by atoms with Crippen molar-refractivity contribution in [2.45, 2.75) is 26.6 Å². The van der Waals surface area contributed by atoms with E-state index >= 15 is 0 Å². The molecular weight excluding hydrogens is 159 g/mol. The van der Waals surface area contributed by atoms with E-state index in [9.17, 15) is 0 Å². The van der Waals surface area contributed by atoms with E-state index in [1.54, 1.807) is 12.1 Å². The number of phenolic OH excluding ortho intramolecular Hbond substituents is 1. The highest BCUT2D eigenvalue weighted by molar-refractivity contribution is 6.12. The molecule has 2 heteroatoms. The lowest BCUT2D eigenvalue weighted by Gasteiger charge is -2.28. The lowest BCUT2D eigenvalue weighted by atomic mass is 9.65. The Morgan fingerprint density at radius 3 is 2.00 bits per heavy atom. The van der Waals surface area contributed by atoms with Gasteiger partial charge < -0.3 is 5.11 Å². The Morgan fingerprint density at radius 2 is 1.62 bits per heavy atom. The van der Waals surface area contributed by atoms with Crippen LogP contribution in [0.15, 0.2) is 24.3 Å². The Bertz CT molecular complexity index is 271. The first-order valence-corrected chi connectivity index (χ1v) is 4.46. The molecule has 0 aliphatic rings. The standard InChI is InChI=1S/C11H15BO/c1-11(2,3)10(12)8-4-6-9(13)7-5-8/h4-7,10,13H,1-3H3. The van der Waals surface area contributed by atoms with Crippen LogP contribution in [-0.2, 0) is 0 Å². The summed E-state index contributed by atoms with van der Waals surface area (Å²) >= 11 is 0. The zero-order valence-electron chi connectivity index (χ0n) is 8.41. The van der Waals surface area contributed by atoms with Crippen molar-refractivity contribution in [2.24, 2.45) is 5.41 Å². The minimum Gasteiger partial charge on any atom is -0.508 e. The van der Waals surface area contributed by atoms with Crippen LogP contribution in [0.25, 0.3) is 0 Å². The minimum absolute atomic E-state index is 0.00750. The molecule has 0 saturated carbocycles. The van der Waals surface area contributed by atoms with Crippen LogP contribution < -0.4 is 0 Å². The molecule has 1 aromatic carbocycles. The summed E-state index contributed by atoms with van der Waals surface area (Å²) in [6.45, 7) is 6.31. The van der Waals surface area contributed by atoms with Gasteiger partial charge in [-0.3, -0.25) is 0 Å². The van der Waals surface area contributed by atoms with Gasteiger partial charge in [0, 0.05) is 0 Å². The first-order valence-electron chi connectivity index (χ1n) is 4.46. The van der Waals surface area contributed by atoms with Gasteiger partial charge in [-0.1, -0.05) is 38.5 Å². The molecule has 1 nitrogen and oxygen atoms in total. The van der Waals surface area contributed by atoms with Gasteiger partial charge in [0.2, 0.25) is 0 Å². The van der Waals surface area contributed by atoms with Crippen molar-refractivity contribution in [2.75, 3.05) is 0 Å². The van der Waals surface area contributed by atoms with Gasteiger partial charge >= 0.3 is 0 Å². The molecule has 2 radical (unpaired) electrons. The van der Waals surface area contributed by atoms with Gasteiger partial charge in [0.25, 0.3) is 0 Å². The molecule has 0 fully saturated rings. The van der Waals surface area contributed by atoms with Gasteiger partial charge in [0.05, 0.1) is 7.85 Å². The zero-order chi connectivity index (χ0) is 10.1. The second kappa shape index (κ2) is 3.45. The average Bonchev–Trinajstić information content (AvgIpc) is 2.03. The van der Waals surface area contributed by atoms with E-state index in [1.165, 1.54) is 0 Å². The van der Waals surface area contributed by atoms with Crippen molar-refractivity contribution in [3.8, 4) is 5.75 Å². The van der Waals surface area contributed by atoms with E-state index in [-0.39, 0.29) is 17.0 Å². The average molecular weight is 174 g/mol. The van der Waals surface area contributed by atoms with Crippen molar-refractivity contribution in [1.82, 2.24) is 0 Å². The van der Waals surface area contributed by atoms with Crippen molar-refractivity contribution in [3.05, 3.63) is 29.8 Å². The van der Waals surface area contributed by atoms with Gasteiger partial charge in [-0.05, 0) is 23.4 Å². The molecule has 0 spiro atoms. The molecule has 68 valence electrons. The van der Waals surface area contributed by atoms with Gasteiger partial charge in [-0.25, -0.2) is 0 Å². The third kappa shape index (κ3) is 2.51. The molecule has 0 bridgehead atoms. The van der Waals surface area contributed by atoms with Crippen LogP contribution in [0.1, 0.15) is 32.2 Å². The van der Waals surface area contributed by atoms with Gasteiger partial charge in [0.15, 0.2) is 0 Å². The van der Waals surface area contributed by atoms with Crippen LogP contribution in [0.3, 0.4) is 0 Å². The predicted molar refractivity (Wildman–Crippen MR) is 56.1 cm³/mol. The fourth-order valence-electron chi connectivity index (χ4n) is 1.18. The number of hydrogen-bond donors (Lipinski definition) is 1. The molecule has 0 aliphatic carbocycles. The van der Waals surface area contributed by atoms with E-state index in [1.807, 2.05) is 12.1 Å². The van der Waals surface area contributed by atoms with Crippen LogP contribution in [0.5, 0.6) is 5.75 Å². The number of rotatable bonds is 1. The van der Waals surface area contributed by atoms with Crippen molar-refractivity contribution in [3.63, 3.8) is 0 Å². The highest BCUT2D eigenvalue weighted by atomic mass is 16.3. The molecule has 0 aromatic heterocycles. The summed E-state index contributed by atoms with van der Waals surface area (Å²) in [6, 6.07) is 7.07. The first-order chi connectivity index (χ1) is 5.91. The van der Waals surface area contributed by atoms with Gasteiger partial charge in [0.1, 0.15) is 5.75 Å². The van der Waals surface area contributed by atoms with Crippen LogP contribution in [0.4, 0.5) is 0 Å². The summed E-state index contributed by atoms with van der Waals surface area (Å²) in [6.07, 6.45) is 0. The van der Waals surface area contributed by atoms with Gasteiger partial charge in [-0.2, -0.15) is 0 Å². The Kier molecular flexibility index (Phi) is 2.70. The number of benzene rings is 1. The second-order valence-electron chi connectivity index (χ2n) is 4.44. The molecule has 0 amide bonds.